The lowest BCUT2D eigenvalue weighted by atomic mass is 10.2. The summed E-state index contributed by atoms with van der Waals surface area (Å²) in [6, 6.07) is 7.94. The average molecular weight is 440 g/mol. The van der Waals surface area contributed by atoms with E-state index in [0.29, 0.717) is 10.8 Å². The molecule has 0 spiro atoms. The van der Waals surface area contributed by atoms with Crippen LogP contribution >= 0.6 is 11.3 Å². The molecule has 0 saturated carbocycles. The molecule has 10 nitrogen and oxygen atoms in total. The van der Waals surface area contributed by atoms with Crippen molar-refractivity contribution in [3.05, 3.63) is 68.1 Å². The van der Waals surface area contributed by atoms with Crippen LogP contribution in [0.2, 0.25) is 0 Å². The number of fused-ring (bicyclic) bond motifs is 1. The Morgan fingerprint density at radius 2 is 1.90 bits per heavy atom. The van der Waals surface area contributed by atoms with E-state index in [2.05, 4.69) is 15.3 Å². The Labute approximate surface area is 180 Å². The first-order chi connectivity index (χ1) is 14.8. The highest BCUT2D eigenvalue weighted by Crippen LogP contribution is 2.21. The third-order valence-electron chi connectivity index (χ3n) is 4.75. The monoisotopic (exact) mass is 440 g/mol. The molecule has 4 aromatic rings. The Morgan fingerprint density at radius 3 is 2.65 bits per heavy atom. The van der Waals surface area contributed by atoms with Gasteiger partial charge in [0, 0.05) is 25.2 Å². The van der Waals surface area contributed by atoms with Gasteiger partial charge < -0.3 is 14.6 Å². The van der Waals surface area contributed by atoms with Crippen molar-refractivity contribution in [1.82, 2.24) is 23.7 Å². The van der Waals surface area contributed by atoms with Crippen molar-refractivity contribution in [2.75, 3.05) is 5.32 Å². The van der Waals surface area contributed by atoms with Crippen molar-refractivity contribution in [1.29, 1.82) is 0 Å². The van der Waals surface area contributed by atoms with E-state index in [9.17, 15) is 14.4 Å². The number of rotatable bonds is 6. The highest BCUT2D eigenvalue weighted by atomic mass is 32.1. The minimum Gasteiger partial charge on any atom is -0.458 e. The fraction of sp³-hybridized carbons (Fsp3) is 0.250. The van der Waals surface area contributed by atoms with Gasteiger partial charge in [0.25, 0.3) is 5.56 Å². The molecule has 0 amide bonds. The van der Waals surface area contributed by atoms with Gasteiger partial charge in [0.05, 0.1) is 12.0 Å². The van der Waals surface area contributed by atoms with Crippen LogP contribution in [0.3, 0.4) is 0 Å². The quantitative estimate of drug-likeness (QED) is 0.454. The summed E-state index contributed by atoms with van der Waals surface area (Å²) in [5.74, 6) is -0.545. The predicted octanol–water partition coefficient (Wildman–Crippen LogP) is 1.69. The van der Waals surface area contributed by atoms with Gasteiger partial charge in [-0.05, 0) is 19.1 Å². The number of hydrogen-bond acceptors (Lipinski definition) is 8. The summed E-state index contributed by atoms with van der Waals surface area (Å²) in [6.45, 7) is 1.82. The molecule has 11 heteroatoms. The topological polar surface area (TPSA) is 113 Å². The minimum atomic E-state index is -0.545. The van der Waals surface area contributed by atoms with Crippen LogP contribution in [-0.4, -0.2) is 29.6 Å². The number of thiazole rings is 1. The number of anilines is 2. The number of benzene rings is 1. The number of esters is 1. The predicted molar refractivity (Wildman–Crippen MR) is 117 cm³/mol. The Bertz CT molecular complexity index is 1380. The molecule has 4 rings (SSSR count). The van der Waals surface area contributed by atoms with E-state index in [1.807, 2.05) is 36.6 Å². The third-order valence-corrected chi connectivity index (χ3v) is 5.56. The fourth-order valence-corrected chi connectivity index (χ4v) is 3.76. The molecule has 3 heterocycles. The zero-order chi connectivity index (χ0) is 22.1. The van der Waals surface area contributed by atoms with Crippen LogP contribution in [-0.2, 0) is 36.8 Å². The highest BCUT2D eigenvalue weighted by Gasteiger charge is 2.16. The van der Waals surface area contributed by atoms with Crippen molar-refractivity contribution in [3.63, 3.8) is 0 Å². The molecule has 0 atom stereocenters. The summed E-state index contributed by atoms with van der Waals surface area (Å²) in [7, 11) is 2.90. The molecule has 31 heavy (non-hydrogen) atoms. The summed E-state index contributed by atoms with van der Waals surface area (Å²) < 4.78 is 8.92. The fourth-order valence-electron chi connectivity index (χ4n) is 3.05. The van der Waals surface area contributed by atoms with Gasteiger partial charge in [-0.15, -0.1) is 11.3 Å². The van der Waals surface area contributed by atoms with E-state index in [1.54, 1.807) is 0 Å². The van der Waals surface area contributed by atoms with E-state index in [1.165, 1.54) is 46.5 Å². The van der Waals surface area contributed by atoms with Gasteiger partial charge >= 0.3 is 11.7 Å². The van der Waals surface area contributed by atoms with Gasteiger partial charge in [-0.25, -0.2) is 14.8 Å². The maximum atomic E-state index is 12.4. The summed E-state index contributed by atoms with van der Waals surface area (Å²) in [6.07, 6.45) is 1.35. The Balaban J connectivity index is 1.41. The van der Waals surface area contributed by atoms with Crippen LogP contribution in [0.1, 0.15) is 11.3 Å². The zero-order valence-corrected chi connectivity index (χ0v) is 18.0. The number of hydrogen-bond donors (Lipinski definition) is 1. The molecular formula is C20H20N6O4S. The maximum Gasteiger partial charge on any atom is 0.332 e. The Hall–Kier alpha value is -3.73. The number of imidazole rings is 1. The molecule has 160 valence electrons. The van der Waals surface area contributed by atoms with Crippen molar-refractivity contribution < 1.29 is 9.53 Å². The molecule has 3 aromatic heterocycles. The number of aromatic nitrogens is 5. The Kier molecular flexibility index (Phi) is 5.42. The molecule has 0 saturated heterocycles. The maximum absolute atomic E-state index is 12.4. The summed E-state index contributed by atoms with van der Waals surface area (Å²) in [4.78, 5) is 45.3. The van der Waals surface area contributed by atoms with Crippen LogP contribution in [0, 0.1) is 6.92 Å². The number of nitrogens with one attached hydrogen (secondary N) is 1. The van der Waals surface area contributed by atoms with Crippen LogP contribution in [0.15, 0.2) is 45.6 Å². The number of nitrogens with zero attached hydrogens (tertiary/aromatic N) is 5. The molecule has 0 unspecified atom stereocenters. The number of ether oxygens (including phenoxy) is 1. The minimum absolute atomic E-state index is 0.00797. The molecule has 0 radical (unpaired) electrons. The zero-order valence-electron chi connectivity index (χ0n) is 17.2. The van der Waals surface area contributed by atoms with Crippen molar-refractivity contribution in [3.8, 4) is 0 Å². The second kappa shape index (κ2) is 8.19. The van der Waals surface area contributed by atoms with Crippen molar-refractivity contribution >= 4 is 39.3 Å². The summed E-state index contributed by atoms with van der Waals surface area (Å²) in [5, 5.41) is 5.71. The van der Waals surface area contributed by atoms with E-state index >= 15 is 0 Å². The molecule has 0 fully saturated rings. The van der Waals surface area contributed by atoms with Gasteiger partial charge in [0.1, 0.15) is 13.2 Å². The molecule has 0 aliphatic heterocycles. The van der Waals surface area contributed by atoms with Crippen LogP contribution in [0.4, 0.5) is 10.8 Å². The van der Waals surface area contributed by atoms with Crippen LogP contribution in [0.25, 0.3) is 11.2 Å². The number of carbonyl (C=O) groups is 1. The lowest BCUT2D eigenvalue weighted by molar-refractivity contribution is -0.145. The van der Waals surface area contributed by atoms with E-state index in [0.717, 1.165) is 10.3 Å². The second-order valence-electron chi connectivity index (χ2n) is 7.05. The lowest BCUT2D eigenvalue weighted by Gasteiger charge is -2.07. The number of carbonyl (C=O) groups excluding carboxylic acids is 1. The summed E-state index contributed by atoms with van der Waals surface area (Å²) in [5.41, 5.74) is 2.09. The van der Waals surface area contributed by atoms with E-state index in [4.69, 9.17) is 4.74 Å². The standard InChI is InChI=1S/C20H20N6O4S/c1-12-4-6-13(7-5-12)22-19-23-14(10-31-19)9-30-15(27)8-26-11-21-17-16(26)18(28)25(3)20(29)24(17)2/h4-7,10-11H,8-9H2,1-3H3,(H,22,23). The number of aryl methyl sites for hydroxylation is 2. The molecular weight excluding hydrogens is 420 g/mol. The average Bonchev–Trinajstić information content (AvgIpc) is 3.38. The Morgan fingerprint density at radius 1 is 1.16 bits per heavy atom. The second-order valence-corrected chi connectivity index (χ2v) is 7.90. The molecule has 1 aromatic carbocycles. The third kappa shape index (κ3) is 4.12. The van der Waals surface area contributed by atoms with Gasteiger partial charge in [0.2, 0.25) is 0 Å². The van der Waals surface area contributed by atoms with Crippen molar-refractivity contribution in [2.45, 2.75) is 20.1 Å². The first-order valence-corrected chi connectivity index (χ1v) is 10.3. The first kappa shape index (κ1) is 20.5. The smallest absolute Gasteiger partial charge is 0.332 e. The molecule has 0 aliphatic carbocycles. The van der Waals surface area contributed by atoms with Gasteiger partial charge in [-0.1, -0.05) is 17.7 Å². The van der Waals surface area contributed by atoms with Gasteiger partial charge in [-0.3, -0.25) is 18.7 Å². The van der Waals surface area contributed by atoms with Gasteiger partial charge in [-0.2, -0.15) is 0 Å². The molecule has 0 bridgehead atoms. The lowest BCUT2D eigenvalue weighted by Crippen LogP contribution is -2.37. The van der Waals surface area contributed by atoms with Crippen LogP contribution < -0.4 is 16.6 Å². The van der Waals surface area contributed by atoms with Gasteiger partial charge in [0.15, 0.2) is 16.3 Å². The first-order valence-electron chi connectivity index (χ1n) is 9.38. The van der Waals surface area contributed by atoms with E-state index < -0.39 is 17.2 Å². The SMILES string of the molecule is Cc1ccc(Nc2nc(COC(=O)Cn3cnc4c3c(=O)n(C)c(=O)n4C)cs2)cc1. The largest absolute Gasteiger partial charge is 0.458 e. The highest BCUT2D eigenvalue weighted by molar-refractivity contribution is 7.13. The normalized spacial score (nSPS) is 11.1. The van der Waals surface area contributed by atoms with E-state index in [-0.39, 0.29) is 24.3 Å². The summed E-state index contributed by atoms with van der Waals surface area (Å²) >= 11 is 1.41. The molecule has 1 N–H and O–H groups in total. The van der Waals surface area contributed by atoms with Crippen LogP contribution in [0.5, 0.6) is 0 Å². The molecule has 0 aliphatic rings. The van der Waals surface area contributed by atoms with Crippen molar-refractivity contribution in [2.24, 2.45) is 14.1 Å².